The van der Waals surface area contributed by atoms with Crippen LogP contribution in [-0.4, -0.2) is 25.4 Å². The van der Waals surface area contributed by atoms with Gasteiger partial charge < -0.3 is 5.32 Å². The van der Waals surface area contributed by atoms with Crippen LogP contribution in [0.15, 0.2) is 34.6 Å². The number of carbonyl (C=O) groups excluding carboxylic acids is 1. The second-order valence-corrected chi connectivity index (χ2v) is 8.39. The summed E-state index contributed by atoms with van der Waals surface area (Å²) in [5.41, 5.74) is 2.24. The van der Waals surface area contributed by atoms with Crippen LogP contribution < -0.4 is 5.32 Å². The molecule has 4 aromatic rings. The van der Waals surface area contributed by atoms with Crippen molar-refractivity contribution in [3.8, 4) is 21.3 Å². The second kappa shape index (κ2) is 7.86. The molecule has 0 spiro atoms. The highest BCUT2D eigenvalue weighted by atomic mass is 32.1. The molecule has 0 aliphatic carbocycles. The van der Waals surface area contributed by atoms with Crippen molar-refractivity contribution in [3.63, 3.8) is 0 Å². The molecular formula is C17H13F2N5OS3. The first kappa shape index (κ1) is 18.8. The lowest BCUT2D eigenvalue weighted by Crippen LogP contribution is -2.14. The number of halogens is 2. The quantitative estimate of drug-likeness (QED) is 0.457. The topological polar surface area (TPSA) is 72.7 Å². The van der Waals surface area contributed by atoms with Crippen LogP contribution in [0.2, 0.25) is 0 Å². The Kier molecular flexibility index (Phi) is 5.29. The molecular weight excluding hydrogens is 424 g/mol. The summed E-state index contributed by atoms with van der Waals surface area (Å²) < 4.78 is 26.9. The third kappa shape index (κ3) is 3.86. The normalized spacial score (nSPS) is 11.3. The van der Waals surface area contributed by atoms with Crippen LogP contribution in [0.1, 0.15) is 17.9 Å². The zero-order chi connectivity index (χ0) is 19.7. The molecule has 11 heteroatoms. The van der Waals surface area contributed by atoms with Crippen molar-refractivity contribution < 1.29 is 13.6 Å². The van der Waals surface area contributed by atoms with E-state index in [1.165, 1.54) is 23.7 Å². The number of thiophene rings is 1. The molecule has 0 saturated heterocycles. The van der Waals surface area contributed by atoms with Gasteiger partial charge in [0.1, 0.15) is 5.01 Å². The fourth-order valence-electron chi connectivity index (χ4n) is 2.54. The first-order valence-corrected chi connectivity index (χ1v) is 10.7. The Morgan fingerprint density at radius 1 is 1.32 bits per heavy atom. The van der Waals surface area contributed by atoms with E-state index < -0.39 is 6.55 Å². The molecule has 0 bridgehead atoms. The Morgan fingerprint density at radius 2 is 2.18 bits per heavy atom. The minimum Gasteiger partial charge on any atom is -0.302 e. The zero-order valence-corrected chi connectivity index (χ0v) is 16.9. The fourth-order valence-corrected chi connectivity index (χ4v) is 5.05. The molecule has 0 aliphatic heterocycles. The van der Waals surface area contributed by atoms with Crippen LogP contribution in [0, 0.1) is 6.92 Å². The van der Waals surface area contributed by atoms with E-state index >= 15 is 0 Å². The Bertz CT molecular complexity index is 1100. The number of nitrogens with one attached hydrogen (secondary N) is 1. The number of anilines is 1. The zero-order valence-electron chi connectivity index (χ0n) is 14.4. The van der Waals surface area contributed by atoms with Gasteiger partial charge in [0.05, 0.1) is 22.7 Å². The van der Waals surface area contributed by atoms with Crippen molar-refractivity contribution in [2.45, 2.75) is 19.9 Å². The van der Waals surface area contributed by atoms with Gasteiger partial charge >= 0.3 is 6.55 Å². The van der Waals surface area contributed by atoms with E-state index in [1.54, 1.807) is 18.3 Å². The molecule has 0 aromatic carbocycles. The molecule has 0 radical (unpaired) electrons. The van der Waals surface area contributed by atoms with Crippen LogP contribution >= 0.6 is 34.0 Å². The van der Waals surface area contributed by atoms with Crippen molar-refractivity contribution in [2.75, 3.05) is 5.32 Å². The maximum Gasteiger partial charge on any atom is 0.320 e. The van der Waals surface area contributed by atoms with Crippen LogP contribution in [0.3, 0.4) is 0 Å². The van der Waals surface area contributed by atoms with Crippen molar-refractivity contribution in [1.29, 1.82) is 0 Å². The molecule has 4 rings (SSSR count). The molecule has 0 unspecified atom stereocenters. The van der Waals surface area contributed by atoms with Gasteiger partial charge in [0, 0.05) is 28.7 Å². The van der Waals surface area contributed by atoms with E-state index in [0.717, 1.165) is 26.5 Å². The first-order valence-electron chi connectivity index (χ1n) is 8.07. The Balaban J connectivity index is 1.46. The predicted octanol–water partition coefficient (Wildman–Crippen LogP) is 5.08. The highest BCUT2D eigenvalue weighted by molar-refractivity contribution is 7.19. The largest absolute Gasteiger partial charge is 0.320 e. The summed E-state index contributed by atoms with van der Waals surface area (Å²) in [5, 5.41) is 9.76. The van der Waals surface area contributed by atoms with Crippen LogP contribution in [0.5, 0.6) is 0 Å². The van der Waals surface area contributed by atoms with Crippen molar-refractivity contribution >= 4 is 45.0 Å². The summed E-state index contributed by atoms with van der Waals surface area (Å²) >= 11 is 4.19. The van der Waals surface area contributed by atoms with Gasteiger partial charge in [0.25, 0.3) is 0 Å². The number of rotatable bonds is 6. The lowest BCUT2D eigenvalue weighted by atomic mass is 10.3. The molecule has 1 amide bonds. The summed E-state index contributed by atoms with van der Waals surface area (Å²) in [5.74, 6) is -0.134. The number of nitrogens with zero attached hydrogens (tertiary/aromatic N) is 4. The fraction of sp³-hybridized carbons (Fsp3) is 0.176. The second-order valence-electron chi connectivity index (χ2n) is 5.75. The minimum atomic E-state index is -2.70. The number of imidazole rings is 1. The van der Waals surface area contributed by atoms with E-state index in [-0.39, 0.29) is 18.2 Å². The number of alkyl halides is 2. The molecule has 4 aromatic heterocycles. The summed E-state index contributed by atoms with van der Waals surface area (Å²) in [6, 6.07) is 1.98. The van der Waals surface area contributed by atoms with E-state index in [4.69, 9.17) is 0 Å². The van der Waals surface area contributed by atoms with Gasteiger partial charge in [-0.3, -0.25) is 9.36 Å². The maximum absolute atomic E-state index is 13.1. The SMILES string of the molecule is Cc1nc(NC(=O)Cc2csc(-c3ccsc3)n2)sc1-c1nccn1C(F)F. The highest BCUT2D eigenvalue weighted by Gasteiger charge is 2.19. The lowest BCUT2D eigenvalue weighted by Gasteiger charge is -2.04. The molecule has 0 atom stereocenters. The van der Waals surface area contributed by atoms with Crippen LogP contribution in [0.25, 0.3) is 21.3 Å². The molecule has 144 valence electrons. The monoisotopic (exact) mass is 437 g/mol. The van der Waals surface area contributed by atoms with E-state index in [9.17, 15) is 13.6 Å². The number of hydrogen-bond acceptors (Lipinski definition) is 7. The maximum atomic E-state index is 13.1. The predicted molar refractivity (Wildman–Crippen MR) is 107 cm³/mol. The van der Waals surface area contributed by atoms with Crippen LogP contribution in [0.4, 0.5) is 13.9 Å². The third-order valence-corrected chi connectivity index (χ3v) is 6.48. The summed E-state index contributed by atoms with van der Waals surface area (Å²) in [7, 11) is 0. The molecule has 0 aliphatic rings. The number of amides is 1. The molecule has 0 saturated carbocycles. The average Bonchev–Trinajstić information content (AvgIpc) is 3.41. The van der Waals surface area contributed by atoms with Gasteiger partial charge in [0.2, 0.25) is 5.91 Å². The smallest absolute Gasteiger partial charge is 0.302 e. The Hall–Kier alpha value is -2.50. The number of hydrogen-bond donors (Lipinski definition) is 1. The Labute approximate surface area is 170 Å². The van der Waals surface area contributed by atoms with Crippen LogP contribution in [-0.2, 0) is 11.2 Å². The minimum absolute atomic E-state index is 0.111. The van der Waals surface area contributed by atoms with Gasteiger partial charge in [0.15, 0.2) is 11.0 Å². The molecule has 6 nitrogen and oxygen atoms in total. The molecule has 1 N–H and O–H groups in total. The van der Waals surface area contributed by atoms with E-state index in [0.29, 0.717) is 21.4 Å². The molecule has 4 heterocycles. The number of carbonyl (C=O) groups is 1. The summed E-state index contributed by atoms with van der Waals surface area (Å²) in [6.45, 7) is -1.00. The summed E-state index contributed by atoms with van der Waals surface area (Å²) in [4.78, 5) is 25.6. The summed E-state index contributed by atoms with van der Waals surface area (Å²) in [6.07, 6.45) is 2.64. The van der Waals surface area contributed by atoms with E-state index in [2.05, 4.69) is 20.3 Å². The lowest BCUT2D eigenvalue weighted by molar-refractivity contribution is -0.115. The first-order chi connectivity index (χ1) is 13.5. The standard InChI is InChI=1S/C17H13F2N5OS3/c1-9-13(14-20-3-4-24(14)16(18)19)28-17(21-9)23-12(25)6-11-8-27-15(22-11)10-2-5-26-7-10/h2-5,7-8,16H,6H2,1H3,(H,21,23,25). The van der Waals surface area contributed by atoms with Gasteiger partial charge in [-0.25, -0.2) is 15.0 Å². The third-order valence-electron chi connectivity index (χ3n) is 3.79. The number of aryl methyl sites for hydroxylation is 1. The van der Waals surface area contributed by atoms with Crippen molar-refractivity contribution in [1.82, 2.24) is 19.5 Å². The van der Waals surface area contributed by atoms with Gasteiger partial charge in [-0.05, 0) is 18.4 Å². The molecule has 0 fully saturated rings. The Morgan fingerprint density at radius 3 is 2.93 bits per heavy atom. The number of thiazole rings is 2. The highest BCUT2D eigenvalue weighted by Crippen LogP contribution is 2.33. The average molecular weight is 438 g/mol. The van der Waals surface area contributed by atoms with E-state index in [1.807, 2.05) is 22.2 Å². The number of aromatic nitrogens is 4. The van der Waals surface area contributed by atoms with Gasteiger partial charge in [-0.15, -0.1) is 11.3 Å². The van der Waals surface area contributed by atoms with Gasteiger partial charge in [-0.1, -0.05) is 11.3 Å². The van der Waals surface area contributed by atoms with Crippen molar-refractivity contribution in [3.05, 3.63) is 46.0 Å². The molecule has 28 heavy (non-hydrogen) atoms. The van der Waals surface area contributed by atoms with Crippen molar-refractivity contribution in [2.24, 2.45) is 0 Å². The van der Waals surface area contributed by atoms with Gasteiger partial charge in [-0.2, -0.15) is 20.1 Å².